The number of hydrogen-bond acceptors (Lipinski definition) is 9. The molecule has 0 saturated heterocycles. The summed E-state index contributed by atoms with van der Waals surface area (Å²) in [5.74, 6) is 0.110. The maximum atomic E-state index is 11.9. The fraction of sp³-hybridized carbons (Fsp3) is 0.391. The topological polar surface area (TPSA) is 123 Å². The Morgan fingerprint density at radius 2 is 1.61 bits per heavy atom. The monoisotopic (exact) mass is 461 g/mol. The van der Waals surface area contributed by atoms with Crippen LogP contribution in [0.1, 0.15) is 32.8 Å². The van der Waals surface area contributed by atoms with E-state index in [2.05, 4.69) is 0 Å². The molecule has 0 aliphatic carbocycles. The Morgan fingerprint density at radius 1 is 1.00 bits per heavy atom. The Kier molecular flexibility index (Phi) is 9.62. The van der Waals surface area contributed by atoms with Crippen LogP contribution in [0.4, 0.5) is 10.5 Å². The van der Waals surface area contributed by atoms with Gasteiger partial charge >= 0.3 is 12.1 Å². The highest BCUT2D eigenvalue weighted by molar-refractivity contribution is 5.74. The molecule has 0 radical (unpaired) electrons. The Labute approximate surface area is 191 Å². The summed E-state index contributed by atoms with van der Waals surface area (Å²) in [6.45, 7) is 5.54. The van der Waals surface area contributed by atoms with E-state index in [1.807, 2.05) is 20.8 Å². The van der Waals surface area contributed by atoms with Crippen LogP contribution >= 0.6 is 0 Å². The van der Waals surface area contributed by atoms with Gasteiger partial charge in [0.15, 0.2) is 6.10 Å². The van der Waals surface area contributed by atoms with Crippen LogP contribution in [0.2, 0.25) is 0 Å². The first-order chi connectivity index (χ1) is 15.7. The maximum Gasteiger partial charge on any atom is 0.514 e. The quantitative estimate of drug-likeness (QED) is 0.155. The largest absolute Gasteiger partial charge is 0.514 e. The molecule has 33 heavy (non-hydrogen) atoms. The molecule has 10 nitrogen and oxygen atoms in total. The molecule has 2 rings (SSSR count). The molecule has 0 spiro atoms. The number of methoxy groups -OCH3 is 1. The van der Waals surface area contributed by atoms with Crippen LogP contribution in [0.5, 0.6) is 11.5 Å². The predicted molar refractivity (Wildman–Crippen MR) is 117 cm³/mol. The molecule has 0 aromatic heterocycles. The van der Waals surface area contributed by atoms with E-state index in [9.17, 15) is 19.7 Å². The lowest BCUT2D eigenvalue weighted by Gasteiger charge is -2.25. The van der Waals surface area contributed by atoms with Crippen molar-refractivity contribution in [2.45, 2.75) is 46.2 Å². The van der Waals surface area contributed by atoms with Crippen LogP contribution in [0.25, 0.3) is 0 Å². The van der Waals surface area contributed by atoms with Gasteiger partial charge in [-0.15, -0.1) is 0 Å². The van der Waals surface area contributed by atoms with E-state index in [0.29, 0.717) is 17.7 Å². The van der Waals surface area contributed by atoms with Crippen molar-refractivity contribution in [1.82, 2.24) is 0 Å². The van der Waals surface area contributed by atoms with Gasteiger partial charge in [0.05, 0.1) is 12.0 Å². The molecular formula is C23H27NO9. The van der Waals surface area contributed by atoms with E-state index >= 15 is 0 Å². The number of carbonyl (C=O) groups excluding carboxylic acids is 2. The minimum Gasteiger partial charge on any atom is -0.467 e. The zero-order chi connectivity index (χ0) is 24.4. The molecule has 0 saturated carbocycles. The number of carbonyl (C=O) groups is 2. The second kappa shape index (κ2) is 12.4. The molecule has 0 fully saturated rings. The average molecular weight is 461 g/mol. The van der Waals surface area contributed by atoms with Crippen LogP contribution in [0.15, 0.2) is 48.5 Å². The van der Waals surface area contributed by atoms with Crippen molar-refractivity contribution >= 4 is 17.8 Å². The zero-order valence-corrected chi connectivity index (χ0v) is 18.9. The number of rotatable bonds is 11. The first-order valence-electron chi connectivity index (χ1n) is 10.3. The number of nitrogens with zero attached hydrogens (tertiary/aromatic N) is 1. The van der Waals surface area contributed by atoms with Gasteiger partial charge in [-0.2, -0.15) is 0 Å². The predicted octanol–water partition coefficient (Wildman–Crippen LogP) is 4.64. The third kappa shape index (κ3) is 8.08. The van der Waals surface area contributed by atoms with Gasteiger partial charge in [-0.25, -0.2) is 9.59 Å². The molecule has 10 heteroatoms. The fourth-order valence-electron chi connectivity index (χ4n) is 2.69. The summed E-state index contributed by atoms with van der Waals surface area (Å²) in [6, 6.07) is 11.9. The van der Waals surface area contributed by atoms with E-state index in [1.54, 1.807) is 24.3 Å². The Hall–Kier alpha value is -3.66. The van der Waals surface area contributed by atoms with Crippen LogP contribution in [0, 0.1) is 16.0 Å². The number of non-ortho nitro benzene ring substituents is 1. The average Bonchev–Trinajstić information content (AvgIpc) is 2.80. The second-order valence-electron chi connectivity index (χ2n) is 7.32. The molecule has 0 heterocycles. The summed E-state index contributed by atoms with van der Waals surface area (Å²) < 4.78 is 26.4. The first kappa shape index (κ1) is 25.6. The van der Waals surface area contributed by atoms with E-state index in [1.165, 1.54) is 31.4 Å². The van der Waals surface area contributed by atoms with Crippen LogP contribution in [0.3, 0.4) is 0 Å². The normalized spacial score (nSPS) is 12.5. The van der Waals surface area contributed by atoms with E-state index in [0.717, 1.165) is 0 Å². The molecule has 178 valence electrons. The molecule has 0 N–H and O–H groups in total. The third-order valence-corrected chi connectivity index (χ3v) is 4.47. The van der Waals surface area contributed by atoms with Gasteiger partial charge in [0.1, 0.15) is 18.1 Å². The lowest BCUT2D eigenvalue weighted by molar-refractivity contribution is -0.384. The second-order valence-corrected chi connectivity index (χ2v) is 7.32. The zero-order valence-electron chi connectivity index (χ0n) is 18.9. The van der Waals surface area contributed by atoms with Crippen molar-refractivity contribution in [1.29, 1.82) is 0 Å². The standard InChI is InChI=1S/C23H27NO9/c1-5-20(33-21(15(2)3)22(25)29-4)31-18-10-6-16(7-11-18)14-30-23(26)32-19-12-8-17(9-13-19)24(27)28/h6-13,15,20-21H,5,14H2,1-4H3/t20-,21+/m1/s1. The van der Waals surface area contributed by atoms with Crippen molar-refractivity contribution in [3.05, 3.63) is 64.2 Å². The summed E-state index contributed by atoms with van der Waals surface area (Å²) in [4.78, 5) is 33.8. The summed E-state index contributed by atoms with van der Waals surface area (Å²) in [5, 5.41) is 10.6. The van der Waals surface area contributed by atoms with Crippen molar-refractivity contribution in [3.63, 3.8) is 0 Å². The summed E-state index contributed by atoms with van der Waals surface area (Å²) in [5.41, 5.74) is 0.574. The van der Waals surface area contributed by atoms with E-state index in [-0.39, 0.29) is 24.0 Å². The highest BCUT2D eigenvalue weighted by atomic mass is 16.7. The molecule has 0 bridgehead atoms. The summed E-state index contributed by atoms with van der Waals surface area (Å²) >= 11 is 0. The third-order valence-electron chi connectivity index (χ3n) is 4.47. The molecule has 0 aliphatic heterocycles. The molecular weight excluding hydrogens is 434 g/mol. The van der Waals surface area contributed by atoms with Crippen LogP contribution in [-0.4, -0.2) is 36.6 Å². The van der Waals surface area contributed by atoms with Gasteiger partial charge < -0.3 is 23.7 Å². The van der Waals surface area contributed by atoms with Crippen molar-refractivity contribution in [2.75, 3.05) is 7.11 Å². The van der Waals surface area contributed by atoms with Crippen LogP contribution < -0.4 is 9.47 Å². The lowest BCUT2D eigenvalue weighted by atomic mass is 10.1. The fourth-order valence-corrected chi connectivity index (χ4v) is 2.69. The Bertz CT molecular complexity index is 926. The van der Waals surface area contributed by atoms with E-state index in [4.69, 9.17) is 23.7 Å². The number of ether oxygens (including phenoxy) is 5. The number of nitro benzene ring substituents is 1. The van der Waals surface area contributed by atoms with Crippen molar-refractivity contribution in [3.8, 4) is 11.5 Å². The van der Waals surface area contributed by atoms with Gasteiger partial charge in [0, 0.05) is 18.6 Å². The molecule has 2 aromatic rings. The number of hydrogen-bond donors (Lipinski definition) is 0. The van der Waals surface area contributed by atoms with Crippen molar-refractivity contribution < 1.29 is 38.2 Å². The number of esters is 1. The summed E-state index contributed by atoms with van der Waals surface area (Å²) in [6.07, 6.45) is -1.81. The van der Waals surface area contributed by atoms with E-state index < -0.39 is 29.4 Å². The lowest BCUT2D eigenvalue weighted by Crippen LogP contribution is -2.36. The maximum absolute atomic E-state index is 11.9. The molecule has 0 amide bonds. The minimum absolute atomic E-state index is 0.0441. The molecule has 0 unspecified atom stereocenters. The first-order valence-corrected chi connectivity index (χ1v) is 10.3. The SMILES string of the molecule is CC[C@H](Oc1ccc(COC(=O)Oc2ccc([N+](=O)[O-])cc2)cc1)O[C@H](C(=O)OC)C(C)C. The van der Waals surface area contributed by atoms with Gasteiger partial charge in [-0.05, 0) is 35.7 Å². The Balaban J connectivity index is 1.86. The van der Waals surface area contributed by atoms with Gasteiger partial charge in [0.2, 0.25) is 6.29 Å². The summed E-state index contributed by atoms with van der Waals surface area (Å²) in [7, 11) is 1.31. The molecule has 2 atom stereocenters. The minimum atomic E-state index is -0.939. The highest BCUT2D eigenvalue weighted by Crippen LogP contribution is 2.20. The van der Waals surface area contributed by atoms with Gasteiger partial charge in [0.25, 0.3) is 5.69 Å². The highest BCUT2D eigenvalue weighted by Gasteiger charge is 2.27. The van der Waals surface area contributed by atoms with Gasteiger partial charge in [-0.3, -0.25) is 10.1 Å². The van der Waals surface area contributed by atoms with Crippen LogP contribution in [-0.2, 0) is 25.6 Å². The van der Waals surface area contributed by atoms with Gasteiger partial charge in [-0.1, -0.05) is 32.9 Å². The molecule has 0 aliphatic rings. The molecule has 2 aromatic carbocycles. The number of nitro groups is 1. The smallest absolute Gasteiger partial charge is 0.467 e. The number of benzene rings is 2. The Morgan fingerprint density at radius 3 is 2.12 bits per heavy atom. The van der Waals surface area contributed by atoms with Crippen molar-refractivity contribution in [2.24, 2.45) is 5.92 Å².